The molecule has 0 radical (unpaired) electrons. The maximum atomic E-state index is 11.6. The maximum absolute atomic E-state index is 11.6. The Morgan fingerprint density at radius 3 is 2.56 bits per heavy atom. The Hall–Kier alpha value is -1.49. The van der Waals surface area contributed by atoms with Crippen LogP contribution >= 0.6 is 11.8 Å². The molecular formula is C13H17NO3S. The highest BCUT2D eigenvalue weighted by Crippen LogP contribution is 2.19. The van der Waals surface area contributed by atoms with Gasteiger partial charge >= 0.3 is 5.97 Å². The summed E-state index contributed by atoms with van der Waals surface area (Å²) in [5, 5.41) is 11.7. The van der Waals surface area contributed by atoms with Crippen molar-refractivity contribution in [3.05, 3.63) is 29.8 Å². The molecule has 0 aromatic heterocycles. The molecule has 0 atom stereocenters. The predicted octanol–water partition coefficient (Wildman–Crippen LogP) is 2.39. The molecule has 98 valence electrons. The van der Waals surface area contributed by atoms with Crippen molar-refractivity contribution in [1.82, 2.24) is 5.32 Å². The van der Waals surface area contributed by atoms with E-state index < -0.39 is 5.97 Å². The first kappa shape index (κ1) is 14.6. The van der Waals surface area contributed by atoms with E-state index in [2.05, 4.69) is 5.32 Å². The number of carboxylic acids is 1. The molecule has 0 aliphatic rings. The third kappa shape index (κ3) is 5.23. The molecule has 18 heavy (non-hydrogen) atoms. The quantitative estimate of drug-likeness (QED) is 0.822. The van der Waals surface area contributed by atoms with Crippen molar-refractivity contribution in [1.29, 1.82) is 0 Å². The highest BCUT2D eigenvalue weighted by Gasteiger charge is 2.13. The molecule has 0 spiro atoms. The van der Waals surface area contributed by atoms with Gasteiger partial charge in [-0.25, -0.2) is 4.79 Å². The highest BCUT2D eigenvalue weighted by atomic mass is 32.2. The second-order valence-electron chi connectivity index (χ2n) is 4.92. The van der Waals surface area contributed by atoms with Crippen molar-refractivity contribution in [3.63, 3.8) is 0 Å². The summed E-state index contributed by atoms with van der Waals surface area (Å²) in [7, 11) is 0. The van der Waals surface area contributed by atoms with Gasteiger partial charge in [0.2, 0.25) is 5.91 Å². The van der Waals surface area contributed by atoms with E-state index in [1.807, 2.05) is 20.8 Å². The van der Waals surface area contributed by atoms with E-state index in [1.165, 1.54) is 17.8 Å². The zero-order valence-electron chi connectivity index (χ0n) is 10.7. The molecule has 1 aromatic carbocycles. The van der Waals surface area contributed by atoms with Gasteiger partial charge in [0.15, 0.2) is 0 Å². The Morgan fingerprint density at radius 1 is 1.33 bits per heavy atom. The second kappa shape index (κ2) is 5.91. The van der Waals surface area contributed by atoms with Crippen LogP contribution < -0.4 is 5.32 Å². The minimum absolute atomic E-state index is 0.0618. The zero-order chi connectivity index (χ0) is 13.8. The maximum Gasteiger partial charge on any atom is 0.335 e. The summed E-state index contributed by atoms with van der Waals surface area (Å²) in [5.41, 5.74) is -0.0168. The van der Waals surface area contributed by atoms with Gasteiger partial charge in [0.25, 0.3) is 0 Å². The average Bonchev–Trinajstić information content (AvgIpc) is 2.24. The number of amides is 1. The van der Waals surface area contributed by atoms with Crippen molar-refractivity contribution < 1.29 is 14.7 Å². The Morgan fingerprint density at radius 2 is 2.00 bits per heavy atom. The van der Waals surface area contributed by atoms with E-state index >= 15 is 0 Å². The number of thioether (sulfide) groups is 1. The van der Waals surface area contributed by atoms with E-state index in [0.717, 1.165) is 4.90 Å². The molecule has 0 bridgehead atoms. The molecule has 0 unspecified atom stereocenters. The first-order valence-corrected chi connectivity index (χ1v) is 6.54. The number of carbonyl (C=O) groups excluding carboxylic acids is 1. The van der Waals surface area contributed by atoms with Crippen LogP contribution in [0.4, 0.5) is 0 Å². The summed E-state index contributed by atoms with van der Waals surface area (Å²) in [6, 6.07) is 6.56. The number of carbonyl (C=O) groups is 2. The van der Waals surface area contributed by atoms with Crippen LogP contribution in [0.15, 0.2) is 29.2 Å². The third-order valence-corrected chi connectivity index (χ3v) is 2.96. The molecule has 4 nitrogen and oxygen atoms in total. The molecule has 0 saturated carbocycles. The fourth-order valence-corrected chi connectivity index (χ4v) is 2.08. The van der Waals surface area contributed by atoms with Gasteiger partial charge in [-0.2, -0.15) is 0 Å². The van der Waals surface area contributed by atoms with Crippen LogP contribution in [0.3, 0.4) is 0 Å². The van der Waals surface area contributed by atoms with Crippen LogP contribution in [0.5, 0.6) is 0 Å². The van der Waals surface area contributed by atoms with Gasteiger partial charge in [-0.3, -0.25) is 4.79 Å². The summed E-state index contributed by atoms with van der Waals surface area (Å²) >= 11 is 1.33. The van der Waals surface area contributed by atoms with Gasteiger partial charge in [-0.1, -0.05) is 6.07 Å². The summed E-state index contributed by atoms with van der Waals surface area (Å²) in [6.07, 6.45) is 0. The van der Waals surface area contributed by atoms with Crippen LogP contribution in [0.2, 0.25) is 0 Å². The number of hydrogen-bond donors (Lipinski definition) is 2. The minimum Gasteiger partial charge on any atom is -0.478 e. The molecule has 5 heteroatoms. The van der Waals surface area contributed by atoms with Crippen molar-refractivity contribution in [3.8, 4) is 0 Å². The Labute approximate surface area is 111 Å². The highest BCUT2D eigenvalue weighted by molar-refractivity contribution is 8.00. The second-order valence-corrected chi connectivity index (χ2v) is 5.97. The van der Waals surface area contributed by atoms with Crippen molar-refractivity contribution in [2.75, 3.05) is 5.75 Å². The topological polar surface area (TPSA) is 66.4 Å². The smallest absolute Gasteiger partial charge is 0.335 e. The number of nitrogens with one attached hydrogen (secondary N) is 1. The predicted molar refractivity (Wildman–Crippen MR) is 72.0 cm³/mol. The third-order valence-electron chi connectivity index (χ3n) is 1.97. The largest absolute Gasteiger partial charge is 0.478 e. The fourth-order valence-electron chi connectivity index (χ4n) is 1.32. The van der Waals surface area contributed by atoms with Crippen LogP contribution in [-0.4, -0.2) is 28.3 Å². The minimum atomic E-state index is -0.961. The molecule has 0 aliphatic carbocycles. The first-order chi connectivity index (χ1) is 8.28. The Bertz CT molecular complexity index is 452. The molecule has 0 saturated heterocycles. The number of carboxylic acid groups (broad SMARTS) is 1. The Kier molecular flexibility index (Phi) is 4.78. The number of rotatable bonds is 4. The molecule has 0 heterocycles. The molecule has 2 N–H and O–H groups in total. The lowest BCUT2D eigenvalue weighted by Gasteiger charge is -2.20. The normalized spacial score (nSPS) is 11.1. The fraction of sp³-hybridized carbons (Fsp3) is 0.385. The van der Waals surface area contributed by atoms with Gasteiger partial charge in [-0.15, -0.1) is 11.8 Å². The molecule has 1 rings (SSSR count). The van der Waals surface area contributed by atoms with E-state index in [4.69, 9.17) is 5.11 Å². The number of aromatic carboxylic acids is 1. The molecule has 0 aliphatic heterocycles. The van der Waals surface area contributed by atoms with Gasteiger partial charge in [0.1, 0.15) is 0 Å². The van der Waals surface area contributed by atoms with Crippen LogP contribution in [-0.2, 0) is 4.79 Å². The summed E-state index contributed by atoms with van der Waals surface area (Å²) in [5.74, 6) is -0.745. The van der Waals surface area contributed by atoms with E-state index in [1.54, 1.807) is 18.2 Å². The summed E-state index contributed by atoms with van der Waals surface area (Å²) in [6.45, 7) is 5.75. The average molecular weight is 267 g/mol. The zero-order valence-corrected chi connectivity index (χ0v) is 11.5. The van der Waals surface area contributed by atoms with Crippen molar-refractivity contribution >= 4 is 23.6 Å². The summed E-state index contributed by atoms with van der Waals surface area (Å²) < 4.78 is 0. The molecule has 1 amide bonds. The monoisotopic (exact) mass is 267 g/mol. The van der Waals surface area contributed by atoms with Gasteiger partial charge in [-0.05, 0) is 39.0 Å². The van der Waals surface area contributed by atoms with Crippen LogP contribution in [0.25, 0.3) is 0 Å². The van der Waals surface area contributed by atoms with Crippen molar-refractivity contribution in [2.45, 2.75) is 31.2 Å². The van der Waals surface area contributed by atoms with Gasteiger partial charge in [0, 0.05) is 10.4 Å². The standard InChI is InChI=1S/C13H17NO3S/c1-13(2,3)14-11(15)8-18-10-6-4-5-9(7-10)12(16)17/h4-7H,8H2,1-3H3,(H,14,15)(H,16,17). The van der Waals surface area contributed by atoms with E-state index in [0.29, 0.717) is 0 Å². The van der Waals surface area contributed by atoms with Crippen LogP contribution in [0.1, 0.15) is 31.1 Å². The van der Waals surface area contributed by atoms with E-state index in [9.17, 15) is 9.59 Å². The van der Waals surface area contributed by atoms with Gasteiger partial charge in [0.05, 0.1) is 11.3 Å². The lowest BCUT2D eigenvalue weighted by atomic mass is 10.1. The van der Waals surface area contributed by atoms with Gasteiger partial charge < -0.3 is 10.4 Å². The lowest BCUT2D eigenvalue weighted by molar-refractivity contribution is -0.119. The molecule has 1 aromatic rings. The first-order valence-electron chi connectivity index (χ1n) is 5.55. The van der Waals surface area contributed by atoms with Crippen molar-refractivity contribution in [2.24, 2.45) is 0 Å². The molecule has 0 fully saturated rings. The Balaban J connectivity index is 2.56. The summed E-state index contributed by atoms with van der Waals surface area (Å²) in [4.78, 5) is 23.2. The lowest BCUT2D eigenvalue weighted by Crippen LogP contribution is -2.41. The van der Waals surface area contributed by atoms with E-state index in [-0.39, 0.29) is 22.8 Å². The molecular weight excluding hydrogens is 250 g/mol. The SMILES string of the molecule is CC(C)(C)NC(=O)CSc1cccc(C(=O)O)c1. The number of hydrogen-bond acceptors (Lipinski definition) is 3. The number of benzene rings is 1. The van der Waals surface area contributed by atoms with Crippen LogP contribution in [0, 0.1) is 0 Å².